The fraction of sp³-hybridized carbons (Fsp3) is 0.273. The van der Waals surface area contributed by atoms with Crippen molar-refractivity contribution in [3.63, 3.8) is 0 Å². The van der Waals surface area contributed by atoms with Crippen molar-refractivity contribution in [2.45, 2.75) is 18.9 Å². The average Bonchev–Trinajstić information content (AvgIpc) is 2.29. The first-order chi connectivity index (χ1) is 8.47. The van der Waals surface area contributed by atoms with Gasteiger partial charge < -0.3 is 11.1 Å². The molecule has 0 radical (unpaired) electrons. The molecule has 0 aromatic heterocycles. The topological polar surface area (TPSA) is 84.2 Å². The maximum Gasteiger partial charge on any atom is 0.249 e. The molecule has 18 heavy (non-hydrogen) atoms. The van der Waals surface area contributed by atoms with Gasteiger partial charge in [0, 0.05) is 12.5 Å². The van der Waals surface area contributed by atoms with Gasteiger partial charge in [0.2, 0.25) is 11.8 Å². The molecule has 0 aliphatic carbocycles. The SMILES string of the molecule is Nc1cc(F)c(Cl)cc1NC1CCC(=O)NC1=O. The molecule has 1 saturated heterocycles. The summed E-state index contributed by atoms with van der Waals surface area (Å²) < 4.78 is 13.1. The zero-order chi connectivity index (χ0) is 13.3. The number of piperidine rings is 1. The number of nitrogen functional groups attached to an aromatic ring is 1. The molecule has 5 nitrogen and oxygen atoms in total. The number of benzene rings is 1. The van der Waals surface area contributed by atoms with E-state index in [0.29, 0.717) is 12.1 Å². The lowest BCUT2D eigenvalue weighted by molar-refractivity contribution is -0.133. The van der Waals surface area contributed by atoms with Crippen LogP contribution in [0.5, 0.6) is 0 Å². The average molecular weight is 272 g/mol. The maximum atomic E-state index is 13.1. The third kappa shape index (κ3) is 2.53. The Morgan fingerprint density at radius 3 is 2.83 bits per heavy atom. The molecule has 1 aromatic carbocycles. The van der Waals surface area contributed by atoms with E-state index in [2.05, 4.69) is 10.6 Å². The number of anilines is 2. The predicted molar refractivity (Wildman–Crippen MR) is 65.6 cm³/mol. The summed E-state index contributed by atoms with van der Waals surface area (Å²) in [5, 5.41) is 4.97. The Bertz CT molecular complexity index is 521. The molecular formula is C11H11ClFN3O2. The number of hydrogen-bond acceptors (Lipinski definition) is 4. The molecular weight excluding hydrogens is 261 g/mol. The number of carbonyl (C=O) groups excluding carboxylic acids is 2. The summed E-state index contributed by atoms with van der Waals surface area (Å²) in [6.07, 6.45) is 0.608. The zero-order valence-corrected chi connectivity index (χ0v) is 10.1. The highest BCUT2D eigenvalue weighted by Gasteiger charge is 2.26. The monoisotopic (exact) mass is 271 g/mol. The predicted octanol–water partition coefficient (Wildman–Crippen LogP) is 1.28. The molecule has 1 atom stereocenters. The van der Waals surface area contributed by atoms with Crippen LogP contribution in [0.15, 0.2) is 12.1 Å². The Balaban J connectivity index is 2.17. The van der Waals surface area contributed by atoms with Crippen molar-refractivity contribution < 1.29 is 14.0 Å². The first-order valence-electron chi connectivity index (χ1n) is 5.32. The lowest BCUT2D eigenvalue weighted by Gasteiger charge is -2.23. The Morgan fingerprint density at radius 1 is 1.44 bits per heavy atom. The minimum absolute atomic E-state index is 0.0843. The van der Waals surface area contributed by atoms with Gasteiger partial charge in [0.1, 0.15) is 11.9 Å². The number of carbonyl (C=O) groups is 2. The van der Waals surface area contributed by atoms with Crippen molar-refractivity contribution in [2.75, 3.05) is 11.1 Å². The first-order valence-corrected chi connectivity index (χ1v) is 5.70. The van der Waals surface area contributed by atoms with Gasteiger partial charge in [-0.2, -0.15) is 0 Å². The van der Waals surface area contributed by atoms with E-state index >= 15 is 0 Å². The first kappa shape index (κ1) is 12.6. The highest BCUT2D eigenvalue weighted by molar-refractivity contribution is 6.31. The van der Waals surface area contributed by atoms with Gasteiger partial charge in [-0.1, -0.05) is 11.6 Å². The van der Waals surface area contributed by atoms with Crippen LogP contribution in [0.2, 0.25) is 5.02 Å². The van der Waals surface area contributed by atoms with E-state index in [9.17, 15) is 14.0 Å². The Hall–Kier alpha value is -1.82. The Kier molecular flexibility index (Phi) is 3.38. The van der Waals surface area contributed by atoms with Crippen LogP contribution >= 0.6 is 11.6 Å². The summed E-state index contributed by atoms with van der Waals surface area (Å²) in [4.78, 5) is 22.5. The summed E-state index contributed by atoms with van der Waals surface area (Å²) in [6, 6.07) is 1.82. The quantitative estimate of drug-likeness (QED) is 0.559. The van der Waals surface area contributed by atoms with Gasteiger partial charge in [0.05, 0.1) is 16.4 Å². The zero-order valence-electron chi connectivity index (χ0n) is 9.30. The second kappa shape index (κ2) is 4.81. The van der Waals surface area contributed by atoms with E-state index in [1.165, 1.54) is 6.07 Å². The minimum atomic E-state index is -0.622. The smallest absolute Gasteiger partial charge is 0.249 e. The molecule has 1 fully saturated rings. The van der Waals surface area contributed by atoms with Gasteiger partial charge in [0.25, 0.3) is 0 Å². The minimum Gasteiger partial charge on any atom is -0.397 e. The number of imide groups is 1. The third-order valence-electron chi connectivity index (χ3n) is 2.66. The van der Waals surface area contributed by atoms with Crippen LogP contribution < -0.4 is 16.4 Å². The second-order valence-electron chi connectivity index (χ2n) is 4.00. The molecule has 1 unspecified atom stereocenters. The van der Waals surface area contributed by atoms with Gasteiger partial charge in [-0.3, -0.25) is 14.9 Å². The second-order valence-corrected chi connectivity index (χ2v) is 4.41. The lowest BCUT2D eigenvalue weighted by Crippen LogP contribution is -2.47. The van der Waals surface area contributed by atoms with Crippen molar-refractivity contribution in [1.82, 2.24) is 5.32 Å². The maximum absolute atomic E-state index is 13.1. The molecule has 96 valence electrons. The summed E-state index contributed by atoms with van der Waals surface area (Å²) in [6.45, 7) is 0. The number of rotatable bonds is 2. The molecule has 1 aliphatic heterocycles. The molecule has 1 aliphatic rings. The van der Waals surface area contributed by atoms with Gasteiger partial charge >= 0.3 is 0 Å². The van der Waals surface area contributed by atoms with Crippen molar-refractivity contribution in [3.8, 4) is 0 Å². The number of hydrogen-bond donors (Lipinski definition) is 3. The van der Waals surface area contributed by atoms with Crippen molar-refractivity contribution in [2.24, 2.45) is 0 Å². The van der Waals surface area contributed by atoms with Gasteiger partial charge in [-0.25, -0.2) is 4.39 Å². The normalized spacial score (nSPS) is 19.6. The third-order valence-corrected chi connectivity index (χ3v) is 2.95. The number of amides is 2. The van der Waals surface area contributed by atoms with Crippen LogP contribution in [0, 0.1) is 5.82 Å². The summed E-state index contributed by atoms with van der Waals surface area (Å²) in [5.74, 6) is -1.35. The van der Waals surface area contributed by atoms with E-state index < -0.39 is 17.8 Å². The molecule has 0 saturated carbocycles. The van der Waals surface area contributed by atoms with E-state index in [1.807, 2.05) is 0 Å². The number of halogens is 2. The summed E-state index contributed by atoms with van der Waals surface area (Å²) in [5.41, 5.74) is 6.15. The highest BCUT2D eigenvalue weighted by atomic mass is 35.5. The number of nitrogens with two attached hydrogens (primary N) is 1. The molecule has 0 spiro atoms. The summed E-state index contributed by atoms with van der Waals surface area (Å²) >= 11 is 5.64. The van der Waals surface area contributed by atoms with Gasteiger partial charge in [0.15, 0.2) is 0 Å². The standard InChI is InChI=1S/C11H11ClFN3O2/c12-5-3-9(7(14)4-6(5)13)15-8-1-2-10(17)16-11(8)18/h3-4,8,15H,1-2,14H2,(H,16,17,18). The van der Waals surface area contributed by atoms with Crippen LogP contribution in [0.25, 0.3) is 0 Å². The van der Waals surface area contributed by atoms with Crippen LogP contribution in [-0.2, 0) is 9.59 Å². The highest BCUT2D eigenvalue weighted by Crippen LogP contribution is 2.27. The molecule has 2 amide bonds. The van der Waals surface area contributed by atoms with E-state index in [1.54, 1.807) is 0 Å². The van der Waals surface area contributed by atoms with Gasteiger partial charge in [-0.15, -0.1) is 0 Å². The van der Waals surface area contributed by atoms with E-state index in [0.717, 1.165) is 6.07 Å². The van der Waals surface area contributed by atoms with E-state index in [4.69, 9.17) is 17.3 Å². The van der Waals surface area contributed by atoms with E-state index in [-0.39, 0.29) is 23.0 Å². The molecule has 0 bridgehead atoms. The van der Waals surface area contributed by atoms with Crippen LogP contribution in [-0.4, -0.2) is 17.9 Å². The molecule has 4 N–H and O–H groups in total. The molecule has 2 rings (SSSR count). The Morgan fingerprint density at radius 2 is 2.17 bits per heavy atom. The fourth-order valence-corrected chi connectivity index (χ4v) is 1.87. The summed E-state index contributed by atoms with van der Waals surface area (Å²) in [7, 11) is 0. The van der Waals surface area contributed by atoms with Crippen LogP contribution in [0.3, 0.4) is 0 Å². The fourth-order valence-electron chi connectivity index (χ4n) is 1.71. The molecule has 1 aromatic rings. The largest absolute Gasteiger partial charge is 0.397 e. The van der Waals surface area contributed by atoms with Crippen LogP contribution in [0.1, 0.15) is 12.8 Å². The van der Waals surface area contributed by atoms with Crippen LogP contribution in [0.4, 0.5) is 15.8 Å². The number of nitrogens with one attached hydrogen (secondary N) is 2. The van der Waals surface area contributed by atoms with Gasteiger partial charge in [-0.05, 0) is 12.5 Å². The molecule has 1 heterocycles. The molecule has 7 heteroatoms. The van der Waals surface area contributed by atoms with Crippen molar-refractivity contribution in [3.05, 3.63) is 23.0 Å². The Labute approximate surface area is 107 Å². The van der Waals surface area contributed by atoms with Crippen molar-refractivity contribution >= 4 is 34.8 Å². The lowest BCUT2D eigenvalue weighted by atomic mass is 10.1. The van der Waals surface area contributed by atoms with Crippen molar-refractivity contribution in [1.29, 1.82) is 0 Å².